The monoisotopic (exact) mass is 399 g/mol. The van der Waals surface area contributed by atoms with Crippen LogP contribution in [-0.4, -0.2) is 35.6 Å². The topological polar surface area (TPSA) is 85.5 Å². The molecule has 0 fully saturated rings. The van der Waals surface area contributed by atoms with Gasteiger partial charge in [-0.1, -0.05) is 29.8 Å². The van der Waals surface area contributed by atoms with E-state index in [2.05, 4.69) is 9.72 Å². The molecule has 0 saturated carbocycles. The fourth-order valence-electron chi connectivity index (χ4n) is 2.80. The average molecular weight is 400 g/mol. The van der Waals surface area contributed by atoms with Crippen molar-refractivity contribution in [3.05, 3.63) is 52.7 Å². The number of alkyl halides is 3. The van der Waals surface area contributed by atoms with Crippen molar-refractivity contribution in [2.24, 2.45) is 5.73 Å². The maximum absolute atomic E-state index is 12.9. The molecule has 6 nitrogen and oxygen atoms in total. The summed E-state index contributed by atoms with van der Waals surface area (Å²) in [5.74, 6) is -1.72. The van der Waals surface area contributed by atoms with Crippen molar-refractivity contribution < 1.29 is 27.5 Å². The lowest BCUT2D eigenvalue weighted by Gasteiger charge is -2.23. The van der Waals surface area contributed by atoms with Gasteiger partial charge in [0.05, 0.1) is 5.56 Å². The highest BCUT2D eigenvalue weighted by atomic mass is 35.5. The molecule has 142 valence electrons. The van der Waals surface area contributed by atoms with Gasteiger partial charge in [-0.3, -0.25) is 14.5 Å². The van der Waals surface area contributed by atoms with Crippen LogP contribution >= 0.6 is 11.6 Å². The van der Waals surface area contributed by atoms with Gasteiger partial charge in [0.15, 0.2) is 6.61 Å². The molecule has 0 bridgehead atoms. The Balaban J connectivity index is 1.88. The van der Waals surface area contributed by atoms with Crippen LogP contribution in [0.3, 0.4) is 0 Å². The summed E-state index contributed by atoms with van der Waals surface area (Å²) in [6.45, 7) is -1.56. The number of hydrogen-bond donors (Lipinski definition) is 1. The Kier molecular flexibility index (Phi) is 4.97. The molecule has 10 heteroatoms. The predicted octanol–water partition coefficient (Wildman–Crippen LogP) is 2.73. The minimum Gasteiger partial charge on any atom is -0.467 e. The number of pyridine rings is 1. The highest BCUT2D eigenvalue weighted by Gasteiger charge is 2.38. The van der Waals surface area contributed by atoms with E-state index in [0.29, 0.717) is 5.69 Å². The van der Waals surface area contributed by atoms with E-state index in [4.69, 9.17) is 17.3 Å². The van der Waals surface area contributed by atoms with Gasteiger partial charge in [0.2, 0.25) is 11.8 Å². The number of fused-ring (bicyclic) bond motifs is 1. The second-order valence-corrected chi connectivity index (χ2v) is 6.25. The first-order valence-corrected chi connectivity index (χ1v) is 8.11. The fourth-order valence-corrected chi connectivity index (χ4v) is 3.02. The van der Waals surface area contributed by atoms with Crippen molar-refractivity contribution in [1.29, 1.82) is 0 Å². The number of benzene rings is 1. The van der Waals surface area contributed by atoms with E-state index >= 15 is 0 Å². The van der Waals surface area contributed by atoms with Gasteiger partial charge in [-0.25, -0.2) is 4.98 Å². The van der Waals surface area contributed by atoms with Crippen LogP contribution in [0.1, 0.15) is 15.9 Å². The minimum absolute atomic E-state index is 0.0117. The molecule has 1 aromatic carbocycles. The SMILES string of the molecule is NC(=O)[C@@H]1Cc2ccccc2N1C(=O)c1cnc(OCC(F)(F)F)c(Cl)c1. The van der Waals surface area contributed by atoms with Crippen molar-refractivity contribution in [2.75, 3.05) is 11.5 Å². The largest absolute Gasteiger partial charge is 0.467 e. The quantitative estimate of drug-likeness (QED) is 0.856. The van der Waals surface area contributed by atoms with Crippen LogP contribution in [0.5, 0.6) is 5.88 Å². The third-order valence-electron chi connectivity index (χ3n) is 3.95. The van der Waals surface area contributed by atoms with E-state index in [1.165, 1.54) is 4.90 Å². The van der Waals surface area contributed by atoms with Gasteiger partial charge < -0.3 is 10.5 Å². The number of carbonyl (C=O) groups excluding carboxylic acids is 2. The van der Waals surface area contributed by atoms with E-state index in [-0.39, 0.29) is 17.0 Å². The molecule has 3 rings (SSSR count). The van der Waals surface area contributed by atoms with Crippen molar-refractivity contribution >= 4 is 29.1 Å². The number of nitrogens with zero attached hydrogens (tertiary/aromatic N) is 2. The fraction of sp³-hybridized carbons (Fsp3) is 0.235. The second kappa shape index (κ2) is 7.07. The summed E-state index contributed by atoms with van der Waals surface area (Å²) >= 11 is 5.89. The van der Waals surface area contributed by atoms with Gasteiger partial charge >= 0.3 is 6.18 Å². The summed E-state index contributed by atoms with van der Waals surface area (Å²) in [7, 11) is 0. The van der Waals surface area contributed by atoms with Gasteiger partial charge in [0.25, 0.3) is 5.91 Å². The number of amides is 2. The molecule has 27 heavy (non-hydrogen) atoms. The number of nitrogens with two attached hydrogens (primary N) is 1. The lowest BCUT2D eigenvalue weighted by atomic mass is 10.1. The molecule has 1 aliphatic heterocycles. The van der Waals surface area contributed by atoms with E-state index in [9.17, 15) is 22.8 Å². The van der Waals surface area contributed by atoms with Crippen LogP contribution in [-0.2, 0) is 11.2 Å². The highest BCUT2D eigenvalue weighted by Crippen LogP contribution is 2.34. The van der Waals surface area contributed by atoms with Gasteiger partial charge in [0, 0.05) is 18.3 Å². The van der Waals surface area contributed by atoms with Crippen LogP contribution in [0.2, 0.25) is 5.02 Å². The Labute approximate surface area is 156 Å². The third kappa shape index (κ3) is 3.97. The van der Waals surface area contributed by atoms with E-state index in [1.807, 2.05) is 0 Å². The zero-order valence-corrected chi connectivity index (χ0v) is 14.4. The number of aromatic nitrogens is 1. The average Bonchev–Trinajstić information content (AvgIpc) is 2.99. The maximum Gasteiger partial charge on any atom is 0.422 e. The van der Waals surface area contributed by atoms with Gasteiger partial charge in [0.1, 0.15) is 11.1 Å². The van der Waals surface area contributed by atoms with Crippen LogP contribution in [0.15, 0.2) is 36.5 Å². The first-order chi connectivity index (χ1) is 12.7. The number of primary amides is 1. The summed E-state index contributed by atoms with van der Waals surface area (Å²) in [5.41, 5.74) is 6.71. The molecule has 0 saturated heterocycles. The zero-order chi connectivity index (χ0) is 19.8. The molecular weight excluding hydrogens is 387 g/mol. The minimum atomic E-state index is -4.55. The Morgan fingerprint density at radius 3 is 2.67 bits per heavy atom. The highest BCUT2D eigenvalue weighted by molar-refractivity contribution is 6.32. The molecular formula is C17H13ClF3N3O3. The van der Waals surface area contributed by atoms with Gasteiger partial charge in [-0.2, -0.15) is 13.2 Å². The molecule has 0 spiro atoms. The number of hydrogen-bond acceptors (Lipinski definition) is 4. The number of para-hydroxylation sites is 1. The summed E-state index contributed by atoms with van der Waals surface area (Å²) in [6, 6.07) is 7.19. The summed E-state index contributed by atoms with van der Waals surface area (Å²) in [4.78, 5) is 29.6. The molecule has 2 aromatic rings. The maximum atomic E-state index is 12.9. The molecule has 0 radical (unpaired) electrons. The van der Waals surface area contributed by atoms with E-state index in [1.54, 1.807) is 24.3 Å². The Bertz CT molecular complexity index is 904. The number of carbonyl (C=O) groups is 2. The van der Waals surface area contributed by atoms with Gasteiger partial charge in [-0.15, -0.1) is 0 Å². The molecule has 0 aliphatic carbocycles. The van der Waals surface area contributed by atoms with Crippen LogP contribution in [0.4, 0.5) is 18.9 Å². The van der Waals surface area contributed by atoms with Crippen LogP contribution < -0.4 is 15.4 Å². The van der Waals surface area contributed by atoms with Crippen molar-refractivity contribution in [2.45, 2.75) is 18.6 Å². The standard InChI is InChI=1S/C17H13ClF3N3O3/c18-11-5-10(7-23-15(11)27-8-17(19,20)21)16(26)24-12-4-2-1-3-9(12)6-13(24)14(22)25/h1-5,7,13H,6,8H2,(H2,22,25)/t13-/m0/s1. The van der Waals surface area contributed by atoms with E-state index < -0.39 is 36.5 Å². The Hall–Kier alpha value is -2.81. The van der Waals surface area contributed by atoms with Crippen LogP contribution in [0.25, 0.3) is 0 Å². The summed E-state index contributed by atoms with van der Waals surface area (Å²) in [5, 5.41) is -0.256. The molecule has 2 amide bonds. The molecule has 1 atom stereocenters. The smallest absolute Gasteiger partial charge is 0.422 e. The third-order valence-corrected chi connectivity index (χ3v) is 4.22. The normalized spacial score (nSPS) is 16.1. The number of ether oxygens (including phenoxy) is 1. The summed E-state index contributed by atoms with van der Waals surface area (Å²) in [6.07, 6.45) is -3.24. The van der Waals surface area contributed by atoms with Crippen molar-refractivity contribution in [3.8, 4) is 5.88 Å². The number of halogens is 4. The number of anilines is 1. The van der Waals surface area contributed by atoms with Crippen LogP contribution in [0, 0.1) is 0 Å². The summed E-state index contributed by atoms with van der Waals surface area (Å²) < 4.78 is 41.2. The molecule has 0 unspecified atom stereocenters. The first-order valence-electron chi connectivity index (χ1n) is 7.73. The Morgan fingerprint density at radius 1 is 1.33 bits per heavy atom. The number of rotatable bonds is 4. The van der Waals surface area contributed by atoms with E-state index in [0.717, 1.165) is 17.8 Å². The van der Waals surface area contributed by atoms with Crippen molar-refractivity contribution in [1.82, 2.24) is 4.98 Å². The molecule has 2 heterocycles. The predicted molar refractivity (Wildman–Crippen MR) is 90.7 cm³/mol. The lowest BCUT2D eigenvalue weighted by Crippen LogP contribution is -2.46. The lowest BCUT2D eigenvalue weighted by molar-refractivity contribution is -0.154. The first kappa shape index (κ1) is 19.0. The van der Waals surface area contributed by atoms with Crippen molar-refractivity contribution in [3.63, 3.8) is 0 Å². The second-order valence-electron chi connectivity index (χ2n) is 5.84. The molecule has 1 aliphatic rings. The zero-order valence-electron chi connectivity index (χ0n) is 13.7. The Morgan fingerprint density at radius 2 is 2.04 bits per heavy atom. The van der Waals surface area contributed by atoms with Gasteiger partial charge in [-0.05, 0) is 17.7 Å². The molecule has 2 N–H and O–H groups in total. The molecule has 1 aromatic heterocycles.